The van der Waals surface area contributed by atoms with E-state index in [9.17, 15) is 9.59 Å². The first-order valence-electron chi connectivity index (χ1n) is 13.5. The molecule has 0 heterocycles. The fraction of sp³-hybridized carbons (Fsp3) is 0.375. The Morgan fingerprint density at radius 2 is 1.13 bits per heavy atom. The Balaban J connectivity index is 2.08. The molecule has 1 N–H and O–H groups in total. The smallest absolute Gasteiger partial charge is 0.408 e. The van der Waals surface area contributed by atoms with Crippen molar-refractivity contribution in [2.75, 3.05) is 6.61 Å². The highest BCUT2D eigenvalue weighted by Crippen LogP contribution is 2.37. The van der Waals surface area contributed by atoms with Crippen molar-refractivity contribution in [1.82, 2.24) is 5.32 Å². The maximum absolute atomic E-state index is 14.2. The van der Waals surface area contributed by atoms with Crippen molar-refractivity contribution >= 4 is 43.5 Å². The molecule has 3 rings (SSSR count). The SMILES string of the molecule is CC(C)(C)OC(=O)N[C@@H](CO[Si](c1ccccc1)(c1ccccc1)C(C)(C)C)C(=O)[Si](C)(C)c1ccccc1. The second kappa shape index (κ2) is 12.0. The number of amides is 1. The number of rotatable bonds is 9. The number of carbonyl (C=O) groups excluding carboxylic acids is 2. The first-order chi connectivity index (χ1) is 18.2. The van der Waals surface area contributed by atoms with Crippen molar-refractivity contribution in [1.29, 1.82) is 0 Å². The average Bonchev–Trinajstić information content (AvgIpc) is 2.88. The molecule has 0 fully saturated rings. The minimum atomic E-state index is -2.92. The first-order valence-corrected chi connectivity index (χ1v) is 18.4. The van der Waals surface area contributed by atoms with E-state index in [-0.39, 0.29) is 17.1 Å². The summed E-state index contributed by atoms with van der Waals surface area (Å²) in [5.41, 5.74) is -0.692. The molecule has 7 heteroatoms. The van der Waals surface area contributed by atoms with E-state index in [1.807, 2.05) is 101 Å². The zero-order valence-corrected chi connectivity index (χ0v) is 26.6. The topological polar surface area (TPSA) is 64.6 Å². The molecule has 0 aliphatic heterocycles. The summed E-state index contributed by atoms with van der Waals surface area (Å²) in [5, 5.41) is 5.88. The van der Waals surface area contributed by atoms with Gasteiger partial charge in [0.15, 0.2) is 8.07 Å². The molecule has 1 amide bonds. The second-order valence-corrected chi connectivity index (χ2v) is 21.2. The summed E-state index contributed by atoms with van der Waals surface area (Å²) in [6, 6.07) is 29.6. The third-order valence-electron chi connectivity index (χ3n) is 7.00. The first kappa shape index (κ1) is 30.5. The van der Waals surface area contributed by atoms with E-state index in [4.69, 9.17) is 9.16 Å². The fourth-order valence-corrected chi connectivity index (χ4v) is 11.9. The summed E-state index contributed by atoms with van der Waals surface area (Å²) in [6.45, 7) is 16.1. The Bertz CT molecular complexity index is 1190. The maximum atomic E-state index is 14.2. The molecule has 0 bridgehead atoms. The van der Waals surface area contributed by atoms with Crippen LogP contribution in [0.1, 0.15) is 41.5 Å². The number of benzene rings is 3. The molecule has 39 heavy (non-hydrogen) atoms. The predicted molar refractivity (Wildman–Crippen MR) is 165 cm³/mol. The van der Waals surface area contributed by atoms with Crippen LogP contribution in [0, 0.1) is 0 Å². The summed E-state index contributed by atoms with van der Waals surface area (Å²) in [7, 11) is -5.57. The maximum Gasteiger partial charge on any atom is 0.408 e. The molecule has 0 aliphatic carbocycles. The van der Waals surface area contributed by atoms with Crippen LogP contribution in [0.3, 0.4) is 0 Å². The molecule has 0 spiro atoms. The highest BCUT2D eigenvalue weighted by molar-refractivity contribution is 7.13. The summed E-state index contributed by atoms with van der Waals surface area (Å²) in [6.07, 6.45) is -0.621. The monoisotopic (exact) mass is 561 g/mol. The van der Waals surface area contributed by atoms with Gasteiger partial charge in [0, 0.05) is 0 Å². The molecule has 0 saturated carbocycles. The lowest BCUT2D eigenvalue weighted by molar-refractivity contribution is -0.115. The quantitative estimate of drug-likeness (QED) is 0.366. The summed E-state index contributed by atoms with van der Waals surface area (Å²) in [5.74, 6) is 0. The minimum absolute atomic E-state index is 0.00232. The summed E-state index contributed by atoms with van der Waals surface area (Å²) in [4.78, 5) is 27.2. The molecule has 1 atom stereocenters. The highest BCUT2D eigenvalue weighted by atomic mass is 28.4. The number of ether oxygens (including phenoxy) is 1. The molecule has 5 nitrogen and oxygen atoms in total. The van der Waals surface area contributed by atoms with Crippen molar-refractivity contribution in [2.24, 2.45) is 0 Å². The van der Waals surface area contributed by atoms with Gasteiger partial charge in [-0.25, -0.2) is 4.79 Å². The van der Waals surface area contributed by atoms with Gasteiger partial charge >= 0.3 is 6.09 Å². The molecular weight excluding hydrogens is 519 g/mol. The van der Waals surface area contributed by atoms with E-state index in [1.165, 1.54) is 0 Å². The number of nitrogens with one attached hydrogen (secondary N) is 1. The predicted octanol–water partition coefficient (Wildman–Crippen LogP) is 5.18. The Morgan fingerprint density at radius 3 is 1.51 bits per heavy atom. The van der Waals surface area contributed by atoms with Gasteiger partial charge in [-0.15, -0.1) is 0 Å². The van der Waals surface area contributed by atoms with Gasteiger partial charge < -0.3 is 19.3 Å². The molecular formula is C32H43NO4Si2. The van der Waals surface area contributed by atoms with Crippen LogP contribution in [0.25, 0.3) is 0 Å². The minimum Gasteiger partial charge on any atom is -0.444 e. The number of hydrogen-bond donors (Lipinski definition) is 1. The fourth-order valence-electron chi connectivity index (χ4n) is 5.04. The van der Waals surface area contributed by atoms with Crippen LogP contribution in [0.15, 0.2) is 91.0 Å². The Kier molecular flexibility index (Phi) is 9.41. The van der Waals surface area contributed by atoms with Gasteiger partial charge in [-0.3, -0.25) is 0 Å². The standard InChI is InChI=1S/C32H43NO4Si2/c1-31(2,3)37-30(35)33-28(29(34)38(7,8)25-18-12-9-13-19-25)24-36-39(32(4,5)6,26-20-14-10-15-21-26)27-22-16-11-17-23-27/h9-23,28H,24H2,1-8H3,(H,33,35)/t28-/m0/s1. The number of hydrogen-bond acceptors (Lipinski definition) is 4. The Hall–Kier alpha value is -3.01. The van der Waals surface area contributed by atoms with Crippen LogP contribution in [-0.4, -0.2) is 46.1 Å². The molecule has 0 aliphatic rings. The van der Waals surface area contributed by atoms with Crippen molar-refractivity contribution in [3.8, 4) is 0 Å². The average molecular weight is 562 g/mol. The van der Waals surface area contributed by atoms with Crippen LogP contribution in [0.5, 0.6) is 0 Å². The lowest BCUT2D eigenvalue weighted by Crippen LogP contribution is -2.68. The van der Waals surface area contributed by atoms with Crippen LogP contribution in [0.4, 0.5) is 4.79 Å². The molecule has 0 saturated heterocycles. The zero-order chi connectivity index (χ0) is 28.9. The van der Waals surface area contributed by atoms with Gasteiger partial charge in [0.05, 0.1) is 6.61 Å². The molecule has 0 unspecified atom stereocenters. The van der Waals surface area contributed by atoms with Gasteiger partial charge in [-0.05, 0) is 36.2 Å². The molecule has 0 radical (unpaired) electrons. The van der Waals surface area contributed by atoms with Gasteiger partial charge in [0.25, 0.3) is 8.32 Å². The van der Waals surface area contributed by atoms with E-state index in [0.29, 0.717) is 0 Å². The summed E-state index contributed by atoms with van der Waals surface area (Å²) < 4.78 is 12.7. The lowest BCUT2D eigenvalue weighted by atomic mass is 10.2. The number of carbonyl (C=O) groups is 2. The van der Waals surface area contributed by atoms with E-state index < -0.39 is 34.1 Å². The third kappa shape index (κ3) is 7.15. The largest absolute Gasteiger partial charge is 0.444 e. The van der Waals surface area contributed by atoms with Crippen LogP contribution in [-0.2, 0) is 14.0 Å². The normalized spacial score (nSPS) is 13.4. The van der Waals surface area contributed by atoms with E-state index in [1.54, 1.807) is 0 Å². The zero-order valence-electron chi connectivity index (χ0n) is 24.6. The van der Waals surface area contributed by atoms with Crippen LogP contribution >= 0.6 is 0 Å². The van der Waals surface area contributed by atoms with E-state index in [0.717, 1.165) is 15.6 Å². The van der Waals surface area contributed by atoms with E-state index >= 15 is 0 Å². The van der Waals surface area contributed by atoms with Crippen molar-refractivity contribution in [2.45, 2.75) is 71.3 Å². The number of alkyl carbamates (subject to hydrolysis) is 1. The van der Waals surface area contributed by atoms with Crippen LogP contribution < -0.4 is 20.9 Å². The Morgan fingerprint density at radius 1 is 0.718 bits per heavy atom. The van der Waals surface area contributed by atoms with Crippen molar-refractivity contribution in [3.63, 3.8) is 0 Å². The lowest BCUT2D eigenvalue weighted by Gasteiger charge is -2.44. The van der Waals surface area contributed by atoms with Gasteiger partial charge in [-0.1, -0.05) is 130 Å². The van der Waals surface area contributed by atoms with Gasteiger partial charge in [-0.2, -0.15) is 0 Å². The summed E-state index contributed by atoms with van der Waals surface area (Å²) >= 11 is 0. The Labute approximate surface area is 236 Å². The van der Waals surface area contributed by atoms with Gasteiger partial charge in [0.1, 0.15) is 17.0 Å². The van der Waals surface area contributed by atoms with Crippen molar-refractivity contribution < 1.29 is 18.8 Å². The second-order valence-electron chi connectivity index (χ2n) is 12.5. The highest BCUT2D eigenvalue weighted by Gasteiger charge is 2.51. The molecule has 3 aromatic rings. The molecule has 0 aromatic heterocycles. The van der Waals surface area contributed by atoms with Gasteiger partial charge in [0.2, 0.25) is 0 Å². The third-order valence-corrected chi connectivity index (χ3v) is 15.4. The van der Waals surface area contributed by atoms with Crippen LogP contribution in [0.2, 0.25) is 18.1 Å². The molecule has 208 valence electrons. The van der Waals surface area contributed by atoms with E-state index in [2.05, 4.69) is 50.4 Å². The molecule has 3 aromatic carbocycles. The van der Waals surface area contributed by atoms with Crippen molar-refractivity contribution in [3.05, 3.63) is 91.0 Å².